The fourth-order valence-corrected chi connectivity index (χ4v) is 0.157. The maximum atomic E-state index is 9.55. The second-order valence-corrected chi connectivity index (χ2v) is 0.895. The summed E-state index contributed by atoms with van der Waals surface area (Å²) < 4.78 is 4.06. The van der Waals surface area contributed by atoms with E-state index in [-0.39, 0.29) is 23.4 Å². The van der Waals surface area contributed by atoms with Gasteiger partial charge in [0, 0.05) is 28.4 Å². The zero-order valence-corrected chi connectivity index (χ0v) is 5.24. The first-order valence-corrected chi connectivity index (χ1v) is 1.76. The van der Waals surface area contributed by atoms with Crippen LogP contribution in [0.2, 0.25) is 0 Å². The fourth-order valence-electron chi connectivity index (χ4n) is 0.0802. The Morgan fingerprint density at radius 1 is 1.86 bits per heavy atom. The minimum absolute atomic E-state index is 0. The van der Waals surface area contributed by atoms with Crippen LogP contribution in [0.4, 0.5) is 4.79 Å². The van der Waals surface area contributed by atoms with Crippen molar-refractivity contribution in [1.82, 2.24) is 0 Å². The molecule has 0 atom stereocenters. The van der Waals surface area contributed by atoms with Gasteiger partial charge >= 0.3 is 5.43 Å². The van der Waals surface area contributed by atoms with E-state index in [1.165, 1.54) is 0 Å². The molecule has 0 rings (SSSR count). The molecular formula is C3H4ClCoO2-. The molecule has 1 radical (unpaired) electrons. The van der Waals surface area contributed by atoms with Gasteiger partial charge in [0.15, 0.2) is 0 Å². The summed E-state index contributed by atoms with van der Waals surface area (Å²) in [5.41, 5.74) is -0.801. The van der Waals surface area contributed by atoms with Gasteiger partial charge in [-0.25, -0.2) is 4.79 Å². The average Bonchev–Trinajstić information content (AvgIpc) is 1.35. The van der Waals surface area contributed by atoms with Gasteiger partial charge in [0.1, 0.15) is 0 Å². The number of carbonyl (C=O) groups excluding carboxylic acids is 1. The molecule has 0 fully saturated rings. The van der Waals surface area contributed by atoms with Crippen molar-refractivity contribution in [3.05, 3.63) is 6.92 Å². The van der Waals surface area contributed by atoms with Crippen LogP contribution in [0, 0.1) is 6.92 Å². The smallest absolute Gasteiger partial charge is 0.401 e. The molecule has 0 aromatic carbocycles. The third-order valence-electron chi connectivity index (χ3n) is 0.216. The molecule has 4 heteroatoms. The number of ether oxygens (including phenoxy) is 1. The zero-order chi connectivity index (χ0) is 4.99. The standard InChI is InChI=1S/C3H4ClO2.Co/c1-2-6-3(4)5;/h1-2H2;/q-1;. The number of carbonyl (C=O) groups is 1. The van der Waals surface area contributed by atoms with Crippen LogP contribution >= 0.6 is 11.6 Å². The van der Waals surface area contributed by atoms with Crippen LogP contribution in [0.15, 0.2) is 0 Å². The first-order chi connectivity index (χ1) is 2.77. The van der Waals surface area contributed by atoms with Gasteiger partial charge in [0.25, 0.3) is 0 Å². The normalized spacial score (nSPS) is 6.57. The van der Waals surface area contributed by atoms with Crippen molar-refractivity contribution < 1.29 is 26.3 Å². The first-order valence-electron chi connectivity index (χ1n) is 1.39. The van der Waals surface area contributed by atoms with Crippen LogP contribution in [0.5, 0.6) is 0 Å². The summed E-state index contributed by atoms with van der Waals surface area (Å²) in [6, 6.07) is 0. The maximum absolute atomic E-state index is 9.55. The van der Waals surface area contributed by atoms with E-state index in [1.54, 1.807) is 0 Å². The summed E-state index contributed by atoms with van der Waals surface area (Å²) in [7, 11) is 0. The molecule has 0 unspecified atom stereocenters. The molecule has 0 saturated heterocycles. The van der Waals surface area contributed by atoms with Crippen LogP contribution < -0.4 is 0 Å². The average molecular weight is 166 g/mol. The molecule has 0 aromatic heterocycles. The van der Waals surface area contributed by atoms with Gasteiger partial charge < -0.3 is 11.7 Å². The van der Waals surface area contributed by atoms with Gasteiger partial charge in [-0.1, -0.05) is 0 Å². The molecule has 0 saturated carbocycles. The van der Waals surface area contributed by atoms with Crippen molar-refractivity contribution in [2.24, 2.45) is 0 Å². The Kier molecular flexibility index (Phi) is 9.21. The van der Waals surface area contributed by atoms with Gasteiger partial charge in [-0.05, 0) is 6.61 Å². The van der Waals surface area contributed by atoms with E-state index in [4.69, 9.17) is 0 Å². The molecule has 0 aliphatic carbocycles. The molecular weight excluding hydrogens is 162 g/mol. The molecule has 0 amide bonds. The van der Waals surface area contributed by atoms with Crippen LogP contribution in [0.3, 0.4) is 0 Å². The predicted molar refractivity (Wildman–Crippen MR) is 22.6 cm³/mol. The number of hydrogen-bond acceptors (Lipinski definition) is 2. The Morgan fingerprint density at radius 3 is 2.29 bits per heavy atom. The van der Waals surface area contributed by atoms with Crippen molar-refractivity contribution in [2.75, 3.05) is 6.61 Å². The molecule has 0 bridgehead atoms. The molecule has 0 heterocycles. The fraction of sp³-hybridized carbons (Fsp3) is 0.333. The van der Waals surface area contributed by atoms with Crippen LogP contribution in [-0.4, -0.2) is 12.0 Å². The molecule has 45 valence electrons. The molecule has 0 aromatic rings. The van der Waals surface area contributed by atoms with Crippen molar-refractivity contribution in [1.29, 1.82) is 0 Å². The summed E-state index contributed by atoms with van der Waals surface area (Å²) in [6.45, 7) is 3.30. The molecule has 0 aliphatic rings. The third kappa shape index (κ3) is 10.7. The van der Waals surface area contributed by atoms with E-state index in [0.29, 0.717) is 0 Å². The van der Waals surface area contributed by atoms with E-state index in [0.717, 1.165) is 0 Å². The van der Waals surface area contributed by atoms with E-state index in [2.05, 4.69) is 23.3 Å². The molecule has 2 nitrogen and oxygen atoms in total. The minimum atomic E-state index is -0.801. The Labute approximate surface area is 57.4 Å². The van der Waals surface area contributed by atoms with Gasteiger partial charge in [0.2, 0.25) is 0 Å². The molecule has 0 N–H and O–H groups in total. The van der Waals surface area contributed by atoms with E-state index >= 15 is 0 Å². The molecule has 0 spiro atoms. The van der Waals surface area contributed by atoms with Crippen molar-refractivity contribution >= 4 is 17.0 Å². The monoisotopic (exact) mass is 166 g/mol. The SMILES string of the molecule is [CH2-]COC(=O)Cl.[Co]. The Bertz CT molecular complexity index is 56.9. The summed E-state index contributed by atoms with van der Waals surface area (Å²) >= 11 is 4.68. The van der Waals surface area contributed by atoms with Gasteiger partial charge in [-0.3, -0.25) is 0 Å². The largest absolute Gasteiger partial charge is 0.487 e. The Morgan fingerprint density at radius 2 is 2.29 bits per heavy atom. The number of halogens is 1. The summed E-state index contributed by atoms with van der Waals surface area (Å²) in [4.78, 5) is 9.55. The van der Waals surface area contributed by atoms with Gasteiger partial charge in [-0.15, -0.1) is 0 Å². The Balaban J connectivity index is 0. The van der Waals surface area contributed by atoms with Crippen LogP contribution in [-0.2, 0) is 21.5 Å². The van der Waals surface area contributed by atoms with Crippen LogP contribution in [0.25, 0.3) is 0 Å². The van der Waals surface area contributed by atoms with E-state index < -0.39 is 5.43 Å². The predicted octanol–water partition coefficient (Wildman–Crippen LogP) is 1.19. The Hall–Kier alpha value is 0.266. The van der Waals surface area contributed by atoms with Crippen molar-refractivity contribution in [2.45, 2.75) is 0 Å². The number of hydrogen-bond donors (Lipinski definition) is 0. The van der Waals surface area contributed by atoms with E-state index in [1.807, 2.05) is 0 Å². The second kappa shape index (κ2) is 6.27. The number of rotatable bonds is 1. The van der Waals surface area contributed by atoms with Crippen molar-refractivity contribution in [3.8, 4) is 0 Å². The second-order valence-electron chi connectivity index (χ2n) is 0.586. The molecule has 7 heavy (non-hydrogen) atoms. The van der Waals surface area contributed by atoms with Crippen LogP contribution in [0.1, 0.15) is 0 Å². The topological polar surface area (TPSA) is 26.3 Å². The maximum Gasteiger partial charge on any atom is 0.401 e. The molecule has 0 aliphatic heterocycles. The summed E-state index contributed by atoms with van der Waals surface area (Å²) in [5, 5.41) is 0. The quantitative estimate of drug-likeness (QED) is 0.432. The third-order valence-corrected chi connectivity index (χ3v) is 0.325. The minimum Gasteiger partial charge on any atom is -0.487 e. The van der Waals surface area contributed by atoms with E-state index in [9.17, 15) is 4.79 Å². The first kappa shape index (κ1) is 10.3. The van der Waals surface area contributed by atoms with Crippen molar-refractivity contribution in [3.63, 3.8) is 0 Å². The summed E-state index contributed by atoms with van der Waals surface area (Å²) in [5.74, 6) is 0. The van der Waals surface area contributed by atoms with Gasteiger partial charge in [-0.2, -0.15) is 0 Å². The summed E-state index contributed by atoms with van der Waals surface area (Å²) in [6.07, 6.45) is 0. The van der Waals surface area contributed by atoms with Gasteiger partial charge in [0.05, 0.1) is 0 Å². The zero-order valence-electron chi connectivity index (χ0n) is 3.44.